The highest BCUT2D eigenvalue weighted by Crippen LogP contribution is 2.39. The molecule has 0 aromatic heterocycles. The molecule has 96 valence electrons. The Morgan fingerprint density at radius 3 is 2.61 bits per heavy atom. The molecule has 1 fully saturated rings. The Bertz CT molecular complexity index is 469. The van der Waals surface area contributed by atoms with Crippen LogP contribution in [0.4, 0.5) is 0 Å². The van der Waals surface area contributed by atoms with Crippen LogP contribution < -0.4 is 0 Å². The Hall–Kier alpha value is -1.61. The van der Waals surface area contributed by atoms with Gasteiger partial charge in [0.05, 0.1) is 0 Å². The molecule has 1 aromatic rings. The van der Waals surface area contributed by atoms with E-state index < -0.39 is 5.54 Å². The molecule has 0 aliphatic carbocycles. The summed E-state index contributed by atoms with van der Waals surface area (Å²) in [5.74, 6) is -0.179. The summed E-state index contributed by atoms with van der Waals surface area (Å²) in [4.78, 5) is 14.1. The maximum Gasteiger partial charge on any atom is 0.328 e. The fourth-order valence-electron chi connectivity index (χ4n) is 2.40. The lowest BCUT2D eigenvalue weighted by molar-refractivity contribution is -0.145. The smallest absolute Gasteiger partial charge is 0.328 e. The molecule has 1 aromatic carbocycles. The molecular formula is C15H19NO2. The first-order chi connectivity index (χ1) is 8.45. The number of carbonyl (C=O) groups excluding carboxylic acids is 1. The van der Waals surface area contributed by atoms with Gasteiger partial charge in [-0.05, 0) is 27.3 Å². The first kappa shape index (κ1) is 12.8. The van der Waals surface area contributed by atoms with Crippen molar-refractivity contribution in [2.45, 2.75) is 32.0 Å². The number of hydrogen-bond donors (Lipinski definition) is 0. The van der Waals surface area contributed by atoms with Crippen LogP contribution in [0.2, 0.25) is 0 Å². The van der Waals surface area contributed by atoms with Crippen LogP contribution in [0.25, 0.3) is 0 Å². The standard InChI is InChI=1S/C15H19NO2/c1-11(2)10-15(3)14(17)18-13(16(15)4)12-8-6-5-7-9-12/h5-9,13H,1,10H2,2-4H3/t13-,15+/m1/s1. The van der Waals surface area contributed by atoms with E-state index in [0.29, 0.717) is 6.42 Å². The van der Waals surface area contributed by atoms with E-state index in [4.69, 9.17) is 4.74 Å². The molecule has 0 bridgehead atoms. The molecule has 1 heterocycles. The lowest BCUT2D eigenvalue weighted by Gasteiger charge is -2.30. The second kappa shape index (κ2) is 4.58. The molecule has 0 radical (unpaired) electrons. The molecule has 3 heteroatoms. The van der Waals surface area contributed by atoms with E-state index in [1.165, 1.54) is 0 Å². The second-order valence-electron chi connectivity index (χ2n) is 5.19. The van der Waals surface area contributed by atoms with Gasteiger partial charge in [0.15, 0.2) is 6.23 Å². The van der Waals surface area contributed by atoms with Crippen molar-refractivity contribution < 1.29 is 9.53 Å². The van der Waals surface area contributed by atoms with Crippen molar-refractivity contribution in [2.75, 3.05) is 7.05 Å². The number of hydrogen-bond acceptors (Lipinski definition) is 3. The van der Waals surface area contributed by atoms with Crippen molar-refractivity contribution in [3.05, 3.63) is 48.0 Å². The summed E-state index contributed by atoms with van der Waals surface area (Å²) in [6.45, 7) is 7.74. The van der Waals surface area contributed by atoms with E-state index >= 15 is 0 Å². The van der Waals surface area contributed by atoms with Gasteiger partial charge in [0.2, 0.25) is 0 Å². The highest BCUT2D eigenvalue weighted by atomic mass is 16.6. The number of benzene rings is 1. The number of rotatable bonds is 3. The quantitative estimate of drug-likeness (QED) is 0.605. The Kier molecular flexibility index (Phi) is 3.26. The minimum atomic E-state index is -0.619. The van der Waals surface area contributed by atoms with E-state index in [1.807, 2.05) is 56.1 Å². The van der Waals surface area contributed by atoms with Crippen molar-refractivity contribution >= 4 is 5.97 Å². The van der Waals surface area contributed by atoms with Gasteiger partial charge in [-0.15, -0.1) is 6.58 Å². The number of carbonyl (C=O) groups is 1. The van der Waals surface area contributed by atoms with Crippen molar-refractivity contribution in [1.82, 2.24) is 4.90 Å². The monoisotopic (exact) mass is 245 g/mol. The lowest BCUT2D eigenvalue weighted by Crippen LogP contribution is -2.44. The minimum Gasteiger partial charge on any atom is -0.441 e. The molecule has 2 rings (SSSR count). The summed E-state index contributed by atoms with van der Waals surface area (Å²) in [5.41, 5.74) is 1.36. The average Bonchev–Trinajstić information content (AvgIpc) is 2.54. The zero-order chi connectivity index (χ0) is 13.3. The summed E-state index contributed by atoms with van der Waals surface area (Å²) < 4.78 is 5.52. The van der Waals surface area contributed by atoms with E-state index in [-0.39, 0.29) is 12.2 Å². The number of esters is 1. The third kappa shape index (κ3) is 2.06. The Labute approximate surface area is 108 Å². The maximum atomic E-state index is 12.1. The van der Waals surface area contributed by atoms with Gasteiger partial charge in [-0.3, -0.25) is 4.90 Å². The molecule has 0 spiro atoms. The normalized spacial score (nSPS) is 28.2. The van der Waals surface area contributed by atoms with Gasteiger partial charge in [-0.2, -0.15) is 0 Å². The largest absolute Gasteiger partial charge is 0.441 e. The molecular weight excluding hydrogens is 226 g/mol. The number of ether oxygens (including phenoxy) is 1. The molecule has 18 heavy (non-hydrogen) atoms. The van der Waals surface area contributed by atoms with E-state index in [1.54, 1.807) is 0 Å². The molecule has 0 amide bonds. The molecule has 1 aliphatic heterocycles. The van der Waals surface area contributed by atoms with Crippen LogP contribution in [-0.2, 0) is 9.53 Å². The molecule has 0 saturated carbocycles. The first-order valence-corrected chi connectivity index (χ1v) is 6.08. The zero-order valence-corrected chi connectivity index (χ0v) is 11.1. The summed E-state index contributed by atoms with van der Waals surface area (Å²) in [6.07, 6.45) is 0.314. The van der Waals surface area contributed by atoms with Gasteiger partial charge in [-0.1, -0.05) is 35.9 Å². The fraction of sp³-hybridized carbons (Fsp3) is 0.400. The SMILES string of the molecule is C=C(C)C[C@@]1(C)C(=O)O[C@H](c2ccccc2)N1C. The molecule has 2 atom stereocenters. The Morgan fingerprint density at radius 2 is 2.06 bits per heavy atom. The van der Waals surface area contributed by atoms with Gasteiger partial charge in [0.25, 0.3) is 0 Å². The molecule has 0 unspecified atom stereocenters. The minimum absolute atomic E-state index is 0.179. The number of cyclic esters (lactones) is 1. The van der Waals surface area contributed by atoms with Crippen molar-refractivity contribution in [2.24, 2.45) is 0 Å². The van der Waals surface area contributed by atoms with Crippen LogP contribution in [0, 0.1) is 0 Å². The van der Waals surface area contributed by atoms with Gasteiger partial charge in [-0.25, -0.2) is 4.79 Å². The summed E-state index contributed by atoms with van der Waals surface area (Å²) >= 11 is 0. The molecule has 1 saturated heterocycles. The van der Waals surface area contributed by atoms with E-state index in [9.17, 15) is 4.79 Å². The number of nitrogens with zero attached hydrogens (tertiary/aromatic N) is 1. The highest BCUT2D eigenvalue weighted by Gasteiger charge is 2.50. The third-order valence-corrected chi connectivity index (χ3v) is 3.52. The molecule has 3 nitrogen and oxygen atoms in total. The van der Waals surface area contributed by atoms with E-state index in [2.05, 4.69) is 6.58 Å². The summed E-state index contributed by atoms with van der Waals surface area (Å²) in [5, 5.41) is 0. The van der Waals surface area contributed by atoms with Crippen LogP contribution in [0.15, 0.2) is 42.5 Å². The lowest BCUT2D eigenvalue weighted by atomic mass is 9.93. The second-order valence-corrected chi connectivity index (χ2v) is 5.19. The average molecular weight is 245 g/mol. The summed E-state index contributed by atoms with van der Waals surface area (Å²) in [6, 6.07) is 9.80. The Morgan fingerprint density at radius 1 is 1.44 bits per heavy atom. The van der Waals surface area contributed by atoms with Crippen LogP contribution in [0.3, 0.4) is 0 Å². The van der Waals surface area contributed by atoms with Gasteiger partial charge < -0.3 is 4.74 Å². The van der Waals surface area contributed by atoms with Crippen molar-refractivity contribution in [3.63, 3.8) is 0 Å². The maximum absolute atomic E-state index is 12.1. The van der Waals surface area contributed by atoms with Gasteiger partial charge in [0.1, 0.15) is 5.54 Å². The first-order valence-electron chi connectivity index (χ1n) is 6.08. The topological polar surface area (TPSA) is 29.5 Å². The van der Waals surface area contributed by atoms with Gasteiger partial charge in [0, 0.05) is 5.56 Å². The van der Waals surface area contributed by atoms with Crippen LogP contribution in [0.1, 0.15) is 32.1 Å². The van der Waals surface area contributed by atoms with Crippen molar-refractivity contribution in [3.8, 4) is 0 Å². The highest BCUT2D eigenvalue weighted by molar-refractivity contribution is 5.83. The molecule has 1 aliphatic rings. The predicted molar refractivity (Wildman–Crippen MR) is 70.9 cm³/mol. The Balaban J connectivity index is 2.29. The van der Waals surface area contributed by atoms with Crippen molar-refractivity contribution in [1.29, 1.82) is 0 Å². The van der Waals surface area contributed by atoms with Crippen LogP contribution >= 0.6 is 0 Å². The van der Waals surface area contributed by atoms with Crippen LogP contribution in [0.5, 0.6) is 0 Å². The molecule has 0 N–H and O–H groups in total. The zero-order valence-electron chi connectivity index (χ0n) is 11.1. The van der Waals surface area contributed by atoms with E-state index in [0.717, 1.165) is 11.1 Å². The van der Waals surface area contributed by atoms with Gasteiger partial charge >= 0.3 is 5.97 Å². The predicted octanol–water partition coefficient (Wildman–Crippen LogP) is 2.90. The number of likely N-dealkylation sites (N-methyl/N-ethyl adjacent to an activating group) is 1. The van der Waals surface area contributed by atoms with Crippen LogP contribution in [-0.4, -0.2) is 23.5 Å². The third-order valence-electron chi connectivity index (χ3n) is 3.52. The fourth-order valence-corrected chi connectivity index (χ4v) is 2.40. The summed E-state index contributed by atoms with van der Waals surface area (Å²) in [7, 11) is 1.92.